The third-order valence-corrected chi connectivity index (χ3v) is 4.19. The lowest BCUT2D eigenvalue weighted by Crippen LogP contribution is -2.49. The van der Waals surface area contributed by atoms with Gasteiger partial charge in [0.05, 0.1) is 12.7 Å². The summed E-state index contributed by atoms with van der Waals surface area (Å²) in [5.74, 6) is 1.62. The highest BCUT2D eigenvalue weighted by Gasteiger charge is 2.29. The maximum Gasteiger partial charge on any atom is 0.264 e. The quantitative estimate of drug-likeness (QED) is 0.826. The highest BCUT2D eigenvalue weighted by atomic mass is 16.6. The molecule has 26 heavy (non-hydrogen) atoms. The maximum absolute atomic E-state index is 12.3. The molecule has 0 spiro atoms. The normalized spacial score (nSPS) is 17.9. The number of amides is 1. The van der Waals surface area contributed by atoms with Crippen molar-refractivity contribution in [2.45, 2.75) is 25.0 Å². The zero-order valence-corrected chi connectivity index (χ0v) is 14.9. The van der Waals surface area contributed by atoms with E-state index in [1.54, 1.807) is 26.2 Å². The van der Waals surface area contributed by atoms with Gasteiger partial charge in [-0.1, -0.05) is 24.3 Å². The molecule has 138 valence electrons. The van der Waals surface area contributed by atoms with Gasteiger partial charge in [-0.2, -0.15) is 0 Å². The third kappa shape index (κ3) is 4.46. The van der Waals surface area contributed by atoms with Crippen molar-refractivity contribution in [3.8, 4) is 17.2 Å². The van der Waals surface area contributed by atoms with Gasteiger partial charge in [0, 0.05) is 13.0 Å². The molecule has 6 heteroatoms. The van der Waals surface area contributed by atoms with Crippen LogP contribution in [0.4, 0.5) is 0 Å². The van der Waals surface area contributed by atoms with Crippen LogP contribution in [-0.4, -0.2) is 43.0 Å². The van der Waals surface area contributed by atoms with Gasteiger partial charge in [0.15, 0.2) is 11.5 Å². The summed E-state index contributed by atoms with van der Waals surface area (Å²) in [6.45, 7) is 1.94. The number of nitrogens with one attached hydrogen (secondary N) is 1. The van der Waals surface area contributed by atoms with Crippen molar-refractivity contribution in [3.63, 3.8) is 0 Å². The molecule has 1 aliphatic heterocycles. The van der Waals surface area contributed by atoms with Crippen molar-refractivity contribution in [1.29, 1.82) is 0 Å². The van der Waals surface area contributed by atoms with Gasteiger partial charge in [-0.25, -0.2) is 0 Å². The van der Waals surface area contributed by atoms with E-state index in [1.807, 2.05) is 36.4 Å². The zero-order chi connectivity index (χ0) is 18.6. The lowest BCUT2D eigenvalue weighted by atomic mass is 9.96. The second kappa shape index (κ2) is 7.66. The number of methoxy groups -OCH3 is 1. The van der Waals surface area contributed by atoms with Gasteiger partial charge in [0.25, 0.3) is 5.91 Å². The molecule has 3 rings (SSSR count). The molecule has 2 N–H and O–H groups in total. The molecule has 0 aromatic heterocycles. The number of rotatable bonds is 6. The lowest BCUT2D eigenvalue weighted by molar-refractivity contribution is -0.131. The van der Waals surface area contributed by atoms with Crippen LogP contribution in [0.3, 0.4) is 0 Å². The number of hydrogen-bond acceptors (Lipinski definition) is 5. The van der Waals surface area contributed by atoms with Crippen LogP contribution in [0.2, 0.25) is 0 Å². The monoisotopic (exact) mass is 357 g/mol. The molecule has 0 fully saturated rings. The average Bonchev–Trinajstić information content (AvgIpc) is 2.66. The summed E-state index contributed by atoms with van der Waals surface area (Å²) in [6, 6.07) is 14.7. The number of carbonyl (C=O) groups is 1. The molecule has 2 atom stereocenters. The van der Waals surface area contributed by atoms with Gasteiger partial charge in [0.2, 0.25) is 6.10 Å². The summed E-state index contributed by atoms with van der Waals surface area (Å²) >= 11 is 0. The molecular weight excluding hydrogens is 334 g/mol. The fraction of sp³-hybridized carbons (Fsp3) is 0.350. The van der Waals surface area contributed by atoms with Crippen LogP contribution < -0.4 is 19.5 Å². The number of para-hydroxylation sites is 2. The molecule has 2 aromatic carbocycles. The first-order valence-electron chi connectivity index (χ1n) is 8.48. The van der Waals surface area contributed by atoms with Gasteiger partial charge < -0.3 is 24.6 Å². The first-order valence-corrected chi connectivity index (χ1v) is 8.48. The summed E-state index contributed by atoms with van der Waals surface area (Å²) in [4.78, 5) is 12.3. The summed E-state index contributed by atoms with van der Waals surface area (Å²) in [6.07, 6.45) is -0.330. The summed E-state index contributed by atoms with van der Waals surface area (Å²) in [5, 5.41) is 13.3. The minimum Gasteiger partial charge on any atom is -0.497 e. The van der Waals surface area contributed by atoms with Gasteiger partial charge in [-0.15, -0.1) is 0 Å². The fourth-order valence-corrected chi connectivity index (χ4v) is 2.79. The zero-order valence-electron chi connectivity index (χ0n) is 14.9. The Kier molecular flexibility index (Phi) is 5.32. The molecular formula is C20H23NO5. The molecule has 1 heterocycles. The van der Waals surface area contributed by atoms with E-state index in [0.29, 0.717) is 17.9 Å². The summed E-state index contributed by atoms with van der Waals surface area (Å²) in [7, 11) is 1.61. The number of benzene rings is 2. The van der Waals surface area contributed by atoms with Crippen LogP contribution >= 0.6 is 0 Å². The molecule has 0 aliphatic carbocycles. The van der Waals surface area contributed by atoms with Crippen LogP contribution in [0.1, 0.15) is 12.5 Å². The SMILES string of the molecule is COc1ccc(CC(C)(O)CNC(=O)C2COc3ccccc3O2)cc1. The first kappa shape index (κ1) is 18.1. The van der Waals surface area contributed by atoms with E-state index >= 15 is 0 Å². The Morgan fingerprint density at radius 2 is 1.92 bits per heavy atom. The molecule has 6 nitrogen and oxygen atoms in total. The molecule has 0 saturated carbocycles. The molecule has 1 amide bonds. The van der Waals surface area contributed by atoms with Gasteiger partial charge in [-0.05, 0) is 36.8 Å². The van der Waals surface area contributed by atoms with Crippen molar-refractivity contribution >= 4 is 5.91 Å². The topological polar surface area (TPSA) is 77.0 Å². The van der Waals surface area contributed by atoms with E-state index in [1.165, 1.54) is 0 Å². The summed E-state index contributed by atoms with van der Waals surface area (Å²) < 4.78 is 16.3. The van der Waals surface area contributed by atoms with Crippen LogP contribution in [-0.2, 0) is 11.2 Å². The number of ether oxygens (including phenoxy) is 3. The number of hydrogen-bond donors (Lipinski definition) is 2. The largest absolute Gasteiger partial charge is 0.497 e. The first-order chi connectivity index (χ1) is 12.5. The van der Waals surface area contributed by atoms with Crippen molar-refractivity contribution < 1.29 is 24.1 Å². The average molecular weight is 357 g/mol. The third-order valence-electron chi connectivity index (χ3n) is 4.19. The number of fused-ring (bicyclic) bond motifs is 1. The Bertz CT molecular complexity index is 757. The number of carbonyl (C=O) groups excluding carboxylic acids is 1. The van der Waals surface area contributed by atoms with Crippen LogP contribution in [0.15, 0.2) is 48.5 Å². The Morgan fingerprint density at radius 3 is 2.62 bits per heavy atom. The second-order valence-corrected chi connectivity index (χ2v) is 6.60. The van der Waals surface area contributed by atoms with Crippen LogP contribution in [0, 0.1) is 0 Å². The highest BCUT2D eigenvalue weighted by molar-refractivity contribution is 5.81. The van der Waals surface area contributed by atoms with Crippen molar-refractivity contribution in [2.75, 3.05) is 20.3 Å². The smallest absolute Gasteiger partial charge is 0.264 e. The predicted octanol–water partition coefficient (Wildman–Crippen LogP) is 1.94. The Morgan fingerprint density at radius 1 is 1.23 bits per heavy atom. The minimum atomic E-state index is -1.09. The van der Waals surface area contributed by atoms with E-state index in [9.17, 15) is 9.90 Å². The highest BCUT2D eigenvalue weighted by Crippen LogP contribution is 2.30. The van der Waals surface area contributed by atoms with E-state index in [2.05, 4.69) is 5.32 Å². The Hall–Kier alpha value is -2.73. The lowest BCUT2D eigenvalue weighted by Gasteiger charge is -2.28. The molecule has 2 aromatic rings. The van der Waals surface area contributed by atoms with Gasteiger partial charge in [0.1, 0.15) is 12.4 Å². The van der Waals surface area contributed by atoms with Crippen molar-refractivity contribution in [3.05, 3.63) is 54.1 Å². The summed E-state index contributed by atoms with van der Waals surface area (Å²) in [5.41, 5.74) is -0.131. The van der Waals surface area contributed by atoms with Crippen LogP contribution in [0.5, 0.6) is 17.2 Å². The number of aliphatic hydroxyl groups is 1. The van der Waals surface area contributed by atoms with E-state index in [4.69, 9.17) is 14.2 Å². The van der Waals surface area contributed by atoms with Crippen LogP contribution in [0.25, 0.3) is 0 Å². The molecule has 1 aliphatic rings. The van der Waals surface area contributed by atoms with Gasteiger partial charge in [-0.3, -0.25) is 4.79 Å². The molecule has 2 unspecified atom stereocenters. The van der Waals surface area contributed by atoms with E-state index in [-0.39, 0.29) is 19.1 Å². The Balaban J connectivity index is 1.53. The fourth-order valence-electron chi connectivity index (χ4n) is 2.79. The van der Waals surface area contributed by atoms with Gasteiger partial charge >= 0.3 is 0 Å². The Labute approximate surface area is 152 Å². The molecule has 0 saturated heterocycles. The van der Waals surface area contributed by atoms with E-state index in [0.717, 1.165) is 11.3 Å². The maximum atomic E-state index is 12.3. The predicted molar refractivity (Wildman–Crippen MR) is 96.7 cm³/mol. The van der Waals surface area contributed by atoms with Crippen molar-refractivity contribution in [2.24, 2.45) is 0 Å². The second-order valence-electron chi connectivity index (χ2n) is 6.60. The van der Waals surface area contributed by atoms with Crippen molar-refractivity contribution in [1.82, 2.24) is 5.32 Å². The molecule has 0 radical (unpaired) electrons. The minimum absolute atomic E-state index is 0.110. The molecule has 0 bridgehead atoms. The van der Waals surface area contributed by atoms with E-state index < -0.39 is 11.7 Å². The standard InChI is InChI=1S/C20H23NO5/c1-20(23,11-14-7-9-15(24-2)10-8-14)13-21-19(22)18-12-25-16-5-3-4-6-17(16)26-18/h3-10,18,23H,11-13H2,1-2H3,(H,21,22).